The molecule has 25 heteroatoms. The van der Waals surface area contributed by atoms with Crippen molar-refractivity contribution in [3.8, 4) is 0 Å². The minimum Gasteiger partial charge on any atom is -0.466 e. The molecule has 0 radical (unpaired) electrons. The van der Waals surface area contributed by atoms with Crippen LogP contribution in [0.3, 0.4) is 0 Å². The van der Waals surface area contributed by atoms with Gasteiger partial charge in [0.25, 0.3) is 0 Å². The van der Waals surface area contributed by atoms with Crippen molar-refractivity contribution in [1.29, 1.82) is 0 Å². The zero-order chi connectivity index (χ0) is 58.6. The van der Waals surface area contributed by atoms with E-state index in [4.69, 9.17) is 42.3 Å². The van der Waals surface area contributed by atoms with Gasteiger partial charge >= 0.3 is 24.4 Å². The van der Waals surface area contributed by atoms with Gasteiger partial charge in [-0.2, -0.15) is 0 Å². The number of carbonyl (C=O) groups excluding carboxylic acids is 5. The van der Waals surface area contributed by atoms with Crippen LogP contribution in [0.5, 0.6) is 0 Å². The van der Waals surface area contributed by atoms with Crippen LogP contribution in [-0.2, 0) is 47.1 Å². The Labute approximate surface area is 456 Å². The van der Waals surface area contributed by atoms with E-state index in [-0.39, 0.29) is 37.5 Å². The third-order valence-corrected chi connectivity index (χ3v) is 18.0. The molecule has 77 heavy (non-hydrogen) atoms. The number of hydrogen-bond acceptors (Lipinski definition) is 19. The summed E-state index contributed by atoms with van der Waals surface area (Å²) >= 11 is 0. The maximum absolute atomic E-state index is 14.2. The van der Waals surface area contributed by atoms with Crippen LogP contribution in [0.4, 0.5) is 19.2 Å². The quantitative estimate of drug-likeness (QED) is 0.0616. The number of aliphatic hydroxyl groups excluding tert-OH is 3. The fourth-order valence-electron chi connectivity index (χ4n) is 8.72. The number of alkyl carbamates (subject to hydrolysis) is 2. The van der Waals surface area contributed by atoms with Crippen molar-refractivity contribution < 1.29 is 86.7 Å². The average molecular weight is 1120 g/mol. The van der Waals surface area contributed by atoms with Crippen LogP contribution in [0.25, 0.3) is 0 Å². The number of ether oxygens (including phenoxy) is 8. The van der Waals surface area contributed by atoms with E-state index in [9.17, 15) is 44.4 Å². The van der Waals surface area contributed by atoms with Crippen molar-refractivity contribution in [2.75, 3.05) is 46.4 Å². The summed E-state index contributed by atoms with van der Waals surface area (Å²) in [5.74, 6) is -1.23. The normalized spacial score (nSPS) is 29.1. The van der Waals surface area contributed by atoms with Crippen LogP contribution in [0.15, 0.2) is 11.8 Å². The Kier molecular flexibility index (Phi) is 21.4. The van der Waals surface area contributed by atoms with E-state index in [1.54, 1.807) is 89.2 Å². The van der Waals surface area contributed by atoms with Gasteiger partial charge < -0.3 is 93.8 Å². The van der Waals surface area contributed by atoms with Gasteiger partial charge in [0.1, 0.15) is 64.3 Å². The highest BCUT2D eigenvalue weighted by atomic mass is 28.4. The highest BCUT2D eigenvalue weighted by Gasteiger charge is 2.56. The number of aliphatic hydroxyl groups is 4. The third kappa shape index (κ3) is 19.3. The zero-order valence-electron chi connectivity index (χ0n) is 49.1. The van der Waals surface area contributed by atoms with Crippen molar-refractivity contribution in [1.82, 2.24) is 31.1 Å². The third-order valence-electron chi connectivity index (χ3n) is 13.5. The number of amides is 5. The number of nitrogens with zero attached hydrogens (tertiary/aromatic N) is 2. The Morgan fingerprint density at radius 1 is 0.766 bits per heavy atom. The lowest BCUT2D eigenvalue weighted by atomic mass is 9.82. The number of likely N-dealkylation sites (N-methyl/N-ethyl adjacent to an activating group) is 1. The molecule has 3 fully saturated rings. The molecule has 4 aliphatic rings. The Balaban J connectivity index is 1.74. The Hall–Kier alpha value is -4.05. The van der Waals surface area contributed by atoms with Gasteiger partial charge in [0, 0.05) is 39.2 Å². The summed E-state index contributed by atoms with van der Waals surface area (Å²) in [5.41, 5.74) is -5.49. The summed E-state index contributed by atoms with van der Waals surface area (Å²) in [7, 11) is -0.710. The molecule has 1 aliphatic carbocycles. The smallest absolute Gasteiger partial charge is 0.410 e. The van der Waals surface area contributed by atoms with Crippen molar-refractivity contribution in [3.63, 3.8) is 0 Å². The van der Waals surface area contributed by atoms with Gasteiger partial charge in [-0.1, -0.05) is 20.8 Å². The van der Waals surface area contributed by atoms with Crippen LogP contribution in [-0.4, -0.2) is 211 Å². The molecule has 8 N–H and O–H groups in total. The predicted molar refractivity (Wildman–Crippen MR) is 284 cm³/mol. The van der Waals surface area contributed by atoms with E-state index in [0.717, 1.165) is 4.90 Å². The number of carbonyl (C=O) groups is 5. The Morgan fingerprint density at radius 2 is 1.27 bits per heavy atom. The van der Waals surface area contributed by atoms with Gasteiger partial charge in [-0.15, -0.1) is 0 Å². The molecule has 4 rings (SSSR count). The molecule has 12 atom stereocenters. The molecule has 0 spiro atoms. The lowest BCUT2D eigenvalue weighted by molar-refractivity contribution is -0.311. The zero-order valence-corrected chi connectivity index (χ0v) is 50.1. The van der Waals surface area contributed by atoms with E-state index in [0.29, 0.717) is 18.9 Å². The lowest BCUT2D eigenvalue weighted by Gasteiger charge is -2.50. The van der Waals surface area contributed by atoms with Crippen LogP contribution < -0.4 is 21.3 Å². The molecule has 1 saturated carbocycles. The molecule has 24 nitrogen and oxygen atoms in total. The van der Waals surface area contributed by atoms with Crippen LogP contribution in [0.1, 0.15) is 124 Å². The molecule has 0 bridgehead atoms. The summed E-state index contributed by atoms with van der Waals surface area (Å²) in [6, 6.07) is -4.94. The topological polar surface area (TPSA) is 304 Å². The summed E-state index contributed by atoms with van der Waals surface area (Å²) in [5, 5.41) is 59.5. The first-order valence-electron chi connectivity index (χ1n) is 26.6. The Morgan fingerprint density at radius 3 is 1.79 bits per heavy atom. The van der Waals surface area contributed by atoms with Crippen LogP contribution >= 0.6 is 0 Å². The molecular weight excluding hydrogens is 1020 g/mol. The second kappa shape index (κ2) is 25.2. The monoisotopic (exact) mass is 1120 g/mol. The number of nitrogens with one attached hydrogen (secondary N) is 4. The van der Waals surface area contributed by atoms with Gasteiger partial charge in [-0.3, -0.25) is 4.79 Å². The standard InChI is InChI=1S/C52H94N6O18Si/c1-47(2,3)73-43(63)55-31-21-20-30(25-53-22-23-69-77(18,19)51(13,14)15)70-41(31)71-38-33(56-44(64)74-48(4,5)6)24-32(54-40(62)34(59)29-26-58(27-29)46(66)76-50(10,11)12)37(35(38)60)72-42-36(61)39(52(16,67)28-68-42)57(17)45(65)75-49(7,8)9/h20,29,31-39,41-42,53,59-61,67H,21-28H2,1-19H3,(H,54,62)(H,55,63)(H,56,64)/t31-,32-,33+,34?,35-,36-,37+,38-,39-,41-,42-,52+/m1/s1. The fraction of sp³-hybridized carbons (Fsp3) is 0.865. The average Bonchev–Trinajstić information content (AvgIpc) is 3.21. The second-order valence-corrected chi connectivity index (χ2v) is 31.2. The minimum atomic E-state index is -2.04. The highest BCUT2D eigenvalue weighted by molar-refractivity contribution is 6.74. The molecule has 3 heterocycles. The van der Waals surface area contributed by atoms with Gasteiger partial charge in [0.2, 0.25) is 12.2 Å². The lowest BCUT2D eigenvalue weighted by Crippen LogP contribution is -2.71. The van der Waals surface area contributed by atoms with Gasteiger partial charge in [-0.25, -0.2) is 19.2 Å². The molecule has 444 valence electrons. The van der Waals surface area contributed by atoms with E-state index in [1.807, 2.05) is 0 Å². The SMILES string of the molecule is CN(C(=O)OC(C)(C)C)[C@@H]1[C@@H](O)[C@@H](O[C@@H]2[C@@H](O)[C@H](O[C@H]3OC(CNCCO[Si](C)(C)C(C)(C)C)=CC[C@H]3NC(=O)OC(C)(C)C)[C@@H](NC(=O)OC(C)(C)C)C[C@H]2NC(=O)C(O)C2CN(C(=O)OC(C)(C)C)C2)OC[C@]1(C)O. The molecule has 5 amide bonds. The molecule has 1 unspecified atom stereocenters. The fourth-order valence-corrected chi connectivity index (χ4v) is 9.76. The van der Waals surface area contributed by atoms with Crippen LogP contribution in [0, 0.1) is 5.92 Å². The van der Waals surface area contributed by atoms with E-state index in [1.165, 1.54) is 18.9 Å². The number of rotatable bonds is 16. The molecule has 2 saturated heterocycles. The van der Waals surface area contributed by atoms with Crippen molar-refractivity contribution in [2.45, 2.75) is 237 Å². The first-order chi connectivity index (χ1) is 35.0. The van der Waals surface area contributed by atoms with Gasteiger partial charge in [-0.05, 0) is 127 Å². The maximum Gasteiger partial charge on any atom is 0.410 e. The second-order valence-electron chi connectivity index (χ2n) is 26.4. The maximum atomic E-state index is 14.2. The van der Waals surface area contributed by atoms with Crippen molar-refractivity contribution in [2.24, 2.45) is 5.92 Å². The summed E-state index contributed by atoms with van der Waals surface area (Å²) < 4.78 is 54.2. The minimum absolute atomic E-state index is 0.00758. The molecule has 0 aromatic heterocycles. The largest absolute Gasteiger partial charge is 0.466 e. The van der Waals surface area contributed by atoms with E-state index < -0.39 is 146 Å². The van der Waals surface area contributed by atoms with E-state index >= 15 is 0 Å². The molecule has 0 aromatic rings. The Bertz CT molecular complexity index is 2060. The van der Waals surface area contributed by atoms with Gasteiger partial charge in [0.15, 0.2) is 14.6 Å². The number of hydrogen-bond donors (Lipinski definition) is 8. The summed E-state index contributed by atoms with van der Waals surface area (Å²) in [4.78, 5) is 69.8. The van der Waals surface area contributed by atoms with Crippen LogP contribution in [0.2, 0.25) is 18.1 Å². The van der Waals surface area contributed by atoms with Crippen molar-refractivity contribution >= 4 is 38.6 Å². The molecular formula is C52H94N6O18Si. The predicted octanol–water partition coefficient (Wildman–Crippen LogP) is 3.97. The molecule has 0 aromatic carbocycles. The number of likely N-dealkylation sites (tertiary alicyclic amines) is 1. The summed E-state index contributed by atoms with van der Waals surface area (Å²) in [6.07, 6.45) is -13.2. The first-order valence-corrected chi connectivity index (χ1v) is 29.5. The first kappa shape index (κ1) is 65.5. The highest BCUT2D eigenvalue weighted by Crippen LogP contribution is 2.37. The molecule has 3 aliphatic heterocycles. The van der Waals surface area contributed by atoms with E-state index in [2.05, 4.69) is 55.1 Å². The van der Waals surface area contributed by atoms with Gasteiger partial charge in [0.05, 0.1) is 37.3 Å². The summed E-state index contributed by atoms with van der Waals surface area (Å²) in [6.45, 7) is 32.9. The van der Waals surface area contributed by atoms with Crippen molar-refractivity contribution in [3.05, 3.63) is 11.8 Å².